The predicted octanol–water partition coefficient (Wildman–Crippen LogP) is 3.33. The Bertz CT molecular complexity index is 826. The van der Waals surface area contributed by atoms with Crippen molar-refractivity contribution in [2.75, 3.05) is 20.3 Å². The standard InChI is InChI=1S/C20H23BrN2O5/c1-13(2)11-27-16-9-8-14(21)10-15(16)20(25)23-22-19(24)12-28-18-7-5-4-6-17(18)26-3/h4-10,13H,11-12H2,1-3H3,(H,22,24)(H,23,25). The van der Waals surface area contributed by atoms with Crippen LogP contribution in [-0.4, -0.2) is 32.1 Å². The van der Waals surface area contributed by atoms with Crippen LogP contribution in [0.5, 0.6) is 17.2 Å². The van der Waals surface area contributed by atoms with Crippen molar-refractivity contribution in [2.24, 2.45) is 5.92 Å². The monoisotopic (exact) mass is 450 g/mol. The summed E-state index contributed by atoms with van der Waals surface area (Å²) in [5.41, 5.74) is 5.00. The summed E-state index contributed by atoms with van der Waals surface area (Å²) in [6.07, 6.45) is 0. The second-order valence-corrected chi connectivity index (χ2v) is 7.20. The fourth-order valence-corrected chi connectivity index (χ4v) is 2.53. The lowest BCUT2D eigenvalue weighted by Crippen LogP contribution is -2.44. The molecule has 2 rings (SSSR count). The van der Waals surface area contributed by atoms with Crippen LogP contribution in [0.3, 0.4) is 0 Å². The molecule has 0 aliphatic rings. The van der Waals surface area contributed by atoms with Crippen molar-refractivity contribution >= 4 is 27.7 Å². The van der Waals surface area contributed by atoms with Gasteiger partial charge in [0, 0.05) is 4.47 Å². The summed E-state index contributed by atoms with van der Waals surface area (Å²) in [5, 5.41) is 0. The number of hydrogen-bond donors (Lipinski definition) is 2. The van der Waals surface area contributed by atoms with Gasteiger partial charge in [-0.15, -0.1) is 0 Å². The zero-order chi connectivity index (χ0) is 20.5. The van der Waals surface area contributed by atoms with Crippen LogP contribution in [0.2, 0.25) is 0 Å². The third-order valence-corrected chi connectivity index (χ3v) is 3.99. The van der Waals surface area contributed by atoms with Gasteiger partial charge in [-0.25, -0.2) is 0 Å². The Morgan fingerprint density at radius 2 is 1.71 bits per heavy atom. The number of carbonyl (C=O) groups is 2. The summed E-state index contributed by atoms with van der Waals surface area (Å²) >= 11 is 3.33. The minimum atomic E-state index is -0.515. The van der Waals surface area contributed by atoms with Gasteiger partial charge in [-0.05, 0) is 36.2 Å². The minimum Gasteiger partial charge on any atom is -0.493 e. The van der Waals surface area contributed by atoms with Crippen LogP contribution in [0, 0.1) is 5.92 Å². The van der Waals surface area contributed by atoms with Crippen LogP contribution in [-0.2, 0) is 4.79 Å². The molecule has 0 spiro atoms. The summed E-state index contributed by atoms with van der Waals surface area (Å²) < 4.78 is 17.0. The molecule has 2 aromatic carbocycles. The number of amides is 2. The maximum Gasteiger partial charge on any atom is 0.276 e. The van der Waals surface area contributed by atoms with E-state index < -0.39 is 11.8 Å². The number of hydrazine groups is 1. The van der Waals surface area contributed by atoms with Crippen LogP contribution in [0.4, 0.5) is 0 Å². The number of ether oxygens (including phenoxy) is 3. The SMILES string of the molecule is COc1ccccc1OCC(=O)NNC(=O)c1cc(Br)ccc1OCC(C)C. The molecule has 0 radical (unpaired) electrons. The molecule has 0 aromatic heterocycles. The highest BCUT2D eigenvalue weighted by Gasteiger charge is 2.15. The highest BCUT2D eigenvalue weighted by Crippen LogP contribution is 2.25. The van der Waals surface area contributed by atoms with E-state index in [1.165, 1.54) is 7.11 Å². The summed E-state index contributed by atoms with van der Waals surface area (Å²) in [6, 6.07) is 12.1. The molecule has 2 amide bonds. The third-order valence-electron chi connectivity index (χ3n) is 3.50. The summed E-state index contributed by atoms with van der Waals surface area (Å²) in [7, 11) is 1.51. The third kappa shape index (κ3) is 6.45. The molecule has 0 saturated heterocycles. The summed E-state index contributed by atoms with van der Waals surface area (Å²) in [6.45, 7) is 4.22. The Morgan fingerprint density at radius 3 is 2.39 bits per heavy atom. The van der Waals surface area contributed by atoms with Crippen molar-refractivity contribution in [1.82, 2.24) is 10.9 Å². The van der Waals surface area contributed by atoms with E-state index in [-0.39, 0.29) is 6.61 Å². The highest BCUT2D eigenvalue weighted by atomic mass is 79.9. The van der Waals surface area contributed by atoms with E-state index in [1.54, 1.807) is 42.5 Å². The van der Waals surface area contributed by atoms with Crippen molar-refractivity contribution < 1.29 is 23.8 Å². The summed E-state index contributed by atoms with van der Waals surface area (Å²) in [4.78, 5) is 24.4. The van der Waals surface area contributed by atoms with E-state index in [9.17, 15) is 9.59 Å². The lowest BCUT2D eigenvalue weighted by atomic mass is 10.2. The van der Waals surface area contributed by atoms with Crippen molar-refractivity contribution in [2.45, 2.75) is 13.8 Å². The largest absolute Gasteiger partial charge is 0.493 e. The topological polar surface area (TPSA) is 85.9 Å². The Hall–Kier alpha value is -2.74. The van der Waals surface area contributed by atoms with Crippen LogP contribution in [0.1, 0.15) is 24.2 Å². The average molecular weight is 451 g/mol. The van der Waals surface area contributed by atoms with E-state index in [2.05, 4.69) is 26.8 Å². The van der Waals surface area contributed by atoms with Gasteiger partial charge in [-0.3, -0.25) is 20.4 Å². The number of nitrogens with one attached hydrogen (secondary N) is 2. The Balaban J connectivity index is 1.92. The van der Waals surface area contributed by atoms with Crippen molar-refractivity contribution in [3.05, 3.63) is 52.5 Å². The predicted molar refractivity (Wildman–Crippen MR) is 109 cm³/mol. The van der Waals surface area contributed by atoms with Gasteiger partial charge in [0.1, 0.15) is 5.75 Å². The minimum absolute atomic E-state index is 0.282. The zero-order valence-corrected chi connectivity index (χ0v) is 17.5. The lowest BCUT2D eigenvalue weighted by Gasteiger charge is -2.14. The first-order chi connectivity index (χ1) is 13.4. The van der Waals surface area contributed by atoms with E-state index in [0.29, 0.717) is 35.3 Å². The van der Waals surface area contributed by atoms with Gasteiger partial charge in [0.2, 0.25) is 0 Å². The molecule has 0 aliphatic heterocycles. The number of rotatable bonds is 8. The molecule has 0 fully saturated rings. The van der Waals surface area contributed by atoms with Crippen LogP contribution in [0.15, 0.2) is 46.9 Å². The molecule has 0 heterocycles. The molecule has 0 saturated carbocycles. The molecule has 2 aromatic rings. The first-order valence-electron chi connectivity index (χ1n) is 8.68. The van der Waals surface area contributed by atoms with Gasteiger partial charge in [0.15, 0.2) is 18.1 Å². The number of halogens is 1. The first-order valence-corrected chi connectivity index (χ1v) is 9.47. The molecule has 0 atom stereocenters. The van der Waals surface area contributed by atoms with Crippen molar-refractivity contribution in [3.63, 3.8) is 0 Å². The smallest absolute Gasteiger partial charge is 0.276 e. The molecule has 0 bridgehead atoms. The number of benzene rings is 2. The van der Waals surface area contributed by atoms with E-state index in [4.69, 9.17) is 14.2 Å². The molecule has 8 heteroatoms. The maximum atomic E-state index is 12.5. The van der Waals surface area contributed by atoms with Gasteiger partial charge in [-0.1, -0.05) is 41.9 Å². The van der Waals surface area contributed by atoms with Crippen molar-refractivity contribution in [3.8, 4) is 17.2 Å². The molecule has 0 aliphatic carbocycles. The van der Waals surface area contributed by atoms with Crippen molar-refractivity contribution in [1.29, 1.82) is 0 Å². The van der Waals surface area contributed by atoms with Gasteiger partial charge >= 0.3 is 0 Å². The normalized spacial score (nSPS) is 10.3. The fourth-order valence-electron chi connectivity index (χ4n) is 2.17. The Kier molecular flexibility index (Phi) is 8.13. The zero-order valence-electron chi connectivity index (χ0n) is 16.0. The van der Waals surface area contributed by atoms with E-state index in [0.717, 1.165) is 4.47 Å². The van der Waals surface area contributed by atoms with E-state index in [1.807, 2.05) is 13.8 Å². The Labute approximate surface area is 172 Å². The molecule has 7 nitrogen and oxygen atoms in total. The molecular weight excluding hydrogens is 428 g/mol. The molecule has 0 unspecified atom stereocenters. The molecule has 150 valence electrons. The quantitative estimate of drug-likeness (QED) is 0.602. The lowest BCUT2D eigenvalue weighted by molar-refractivity contribution is -0.123. The van der Waals surface area contributed by atoms with Gasteiger partial charge in [-0.2, -0.15) is 0 Å². The van der Waals surface area contributed by atoms with Crippen LogP contribution < -0.4 is 25.1 Å². The Morgan fingerprint density at radius 1 is 1.00 bits per heavy atom. The number of carbonyl (C=O) groups excluding carboxylic acids is 2. The van der Waals surface area contributed by atoms with Gasteiger partial charge in [0.05, 0.1) is 19.3 Å². The van der Waals surface area contributed by atoms with Crippen LogP contribution >= 0.6 is 15.9 Å². The van der Waals surface area contributed by atoms with E-state index >= 15 is 0 Å². The number of methoxy groups -OCH3 is 1. The van der Waals surface area contributed by atoms with Gasteiger partial charge < -0.3 is 14.2 Å². The average Bonchev–Trinajstić information content (AvgIpc) is 2.69. The number of hydrogen-bond acceptors (Lipinski definition) is 5. The van der Waals surface area contributed by atoms with Gasteiger partial charge in [0.25, 0.3) is 11.8 Å². The summed E-state index contributed by atoms with van der Waals surface area (Å²) in [5.74, 6) is 0.688. The molecular formula is C20H23BrN2O5. The first kappa shape index (κ1) is 21.6. The number of para-hydroxylation sites is 2. The second-order valence-electron chi connectivity index (χ2n) is 6.29. The second kappa shape index (κ2) is 10.6. The molecule has 28 heavy (non-hydrogen) atoms. The maximum absolute atomic E-state index is 12.5. The van der Waals surface area contributed by atoms with Crippen LogP contribution in [0.25, 0.3) is 0 Å². The highest BCUT2D eigenvalue weighted by molar-refractivity contribution is 9.10. The fraction of sp³-hybridized carbons (Fsp3) is 0.300. The molecule has 2 N–H and O–H groups in total.